The van der Waals surface area contributed by atoms with E-state index in [0.29, 0.717) is 12.5 Å². The van der Waals surface area contributed by atoms with E-state index >= 15 is 0 Å². The van der Waals surface area contributed by atoms with Crippen LogP contribution >= 0.6 is 0 Å². The molecule has 1 saturated carbocycles. The lowest BCUT2D eigenvalue weighted by atomic mass is 10.1. The van der Waals surface area contributed by atoms with Gasteiger partial charge in [-0.25, -0.2) is 0 Å². The molecule has 3 unspecified atom stereocenters. The van der Waals surface area contributed by atoms with Crippen LogP contribution in [0.25, 0.3) is 0 Å². The van der Waals surface area contributed by atoms with Crippen molar-refractivity contribution in [2.45, 2.75) is 44.3 Å². The molecule has 4 heteroatoms. The normalized spacial score (nSPS) is 32.1. The summed E-state index contributed by atoms with van der Waals surface area (Å²) in [6.07, 6.45) is 5.21. The quantitative estimate of drug-likeness (QED) is 0.622. The third kappa shape index (κ3) is 4.54. The number of β-amino-alcohol motifs (C(OH)–C–C–N with tert-alkyl or cyclic N) is 1. The van der Waals surface area contributed by atoms with Gasteiger partial charge in [0, 0.05) is 13.1 Å². The summed E-state index contributed by atoms with van der Waals surface area (Å²) < 4.78 is 0. The molecule has 1 aliphatic carbocycles. The maximum Gasteiger partial charge on any atom is 0.0791 e. The highest BCUT2D eigenvalue weighted by Gasteiger charge is 2.22. The van der Waals surface area contributed by atoms with Gasteiger partial charge in [0.15, 0.2) is 0 Å². The molecule has 100 valence electrons. The van der Waals surface area contributed by atoms with Crippen LogP contribution in [0.1, 0.15) is 32.1 Å². The first-order chi connectivity index (χ1) is 8.24. The minimum absolute atomic E-state index is 0.0867. The van der Waals surface area contributed by atoms with Gasteiger partial charge < -0.3 is 20.4 Å². The van der Waals surface area contributed by atoms with Gasteiger partial charge in [0.25, 0.3) is 0 Å². The summed E-state index contributed by atoms with van der Waals surface area (Å²) in [6.45, 7) is 4.72. The van der Waals surface area contributed by atoms with Crippen molar-refractivity contribution in [3.63, 3.8) is 0 Å². The topological polar surface area (TPSA) is 55.7 Å². The lowest BCUT2D eigenvalue weighted by Crippen LogP contribution is -2.38. The average molecular weight is 242 g/mol. The standard InChI is InChI=1S/C13H26N2O2/c16-12-4-3-11(7-12)8-14-9-13(17)10-15-5-1-2-6-15/h11-14,16-17H,1-10H2. The number of aliphatic hydroxyl groups excluding tert-OH is 2. The van der Waals surface area contributed by atoms with Crippen molar-refractivity contribution in [1.82, 2.24) is 10.2 Å². The highest BCUT2D eigenvalue weighted by atomic mass is 16.3. The van der Waals surface area contributed by atoms with Gasteiger partial charge in [-0.15, -0.1) is 0 Å². The van der Waals surface area contributed by atoms with E-state index in [-0.39, 0.29) is 12.2 Å². The van der Waals surface area contributed by atoms with Crippen molar-refractivity contribution >= 4 is 0 Å². The van der Waals surface area contributed by atoms with E-state index in [1.54, 1.807) is 0 Å². The van der Waals surface area contributed by atoms with E-state index in [1.165, 1.54) is 12.8 Å². The Labute approximate surface area is 104 Å². The molecular formula is C13H26N2O2. The van der Waals surface area contributed by atoms with Crippen LogP contribution in [-0.2, 0) is 0 Å². The maximum absolute atomic E-state index is 9.88. The lowest BCUT2D eigenvalue weighted by Gasteiger charge is -2.20. The van der Waals surface area contributed by atoms with Crippen LogP contribution in [0.2, 0.25) is 0 Å². The first kappa shape index (κ1) is 13.3. The number of nitrogens with zero attached hydrogens (tertiary/aromatic N) is 1. The van der Waals surface area contributed by atoms with Crippen LogP contribution in [0.15, 0.2) is 0 Å². The lowest BCUT2D eigenvalue weighted by molar-refractivity contribution is 0.122. The first-order valence-electron chi connectivity index (χ1n) is 7.03. The van der Waals surface area contributed by atoms with E-state index in [4.69, 9.17) is 0 Å². The monoisotopic (exact) mass is 242 g/mol. The van der Waals surface area contributed by atoms with Crippen LogP contribution in [0, 0.1) is 5.92 Å². The van der Waals surface area contributed by atoms with Gasteiger partial charge in [-0.1, -0.05) is 0 Å². The van der Waals surface area contributed by atoms with Gasteiger partial charge in [-0.05, 0) is 57.7 Å². The SMILES string of the molecule is OC1CCC(CNCC(O)CN2CCCC2)C1. The predicted octanol–water partition coefficient (Wildman–Crippen LogP) is 0.194. The molecule has 0 aromatic rings. The van der Waals surface area contributed by atoms with Crippen molar-refractivity contribution in [3.8, 4) is 0 Å². The van der Waals surface area contributed by atoms with Gasteiger partial charge in [0.2, 0.25) is 0 Å². The Morgan fingerprint density at radius 2 is 2.00 bits per heavy atom. The van der Waals surface area contributed by atoms with Crippen molar-refractivity contribution in [1.29, 1.82) is 0 Å². The molecule has 0 bridgehead atoms. The van der Waals surface area contributed by atoms with Gasteiger partial charge in [0.05, 0.1) is 12.2 Å². The molecular weight excluding hydrogens is 216 g/mol. The van der Waals surface area contributed by atoms with E-state index in [0.717, 1.165) is 45.4 Å². The van der Waals surface area contributed by atoms with E-state index in [9.17, 15) is 10.2 Å². The molecule has 1 aliphatic heterocycles. The molecule has 3 atom stereocenters. The van der Waals surface area contributed by atoms with Crippen LogP contribution in [0.4, 0.5) is 0 Å². The van der Waals surface area contributed by atoms with Gasteiger partial charge >= 0.3 is 0 Å². The Balaban J connectivity index is 1.52. The second-order valence-electron chi connectivity index (χ2n) is 5.65. The van der Waals surface area contributed by atoms with Crippen LogP contribution in [-0.4, -0.2) is 60.0 Å². The molecule has 0 spiro atoms. The molecule has 1 saturated heterocycles. The summed E-state index contributed by atoms with van der Waals surface area (Å²) in [5.41, 5.74) is 0. The Morgan fingerprint density at radius 3 is 2.65 bits per heavy atom. The fourth-order valence-electron chi connectivity index (χ4n) is 3.02. The molecule has 17 heavy (non-hydrogen) atoms. The number of aliphatic hydroxyl groups is 2. The predicted molar refractivity (Wildman–Crippen MR) is 67.9 cm³/mol. The average Bonchev–Trinajstić information content (AvgIpc) is 2.90. The van der Waals surface area contributed by atoms with Crippen LogP contribution in [0.3, 0.4) is 0 Å². The minimum Gasteiger partial charge on any atom is -0.393 e. The zero-order valence-electron chi connectivity index (χ0n) is 10.6. The third-order valence-corrected chi connectivity index (χ3v) is 3.99. The molecule has 3 N–H and O–H groups in total. The van der Waals surface area contributed by atoms with Crippen molar-refractivity contribution < 1.29 is 10.2 Å². The smallest absolute Gasteiger partial charge is 0.0791 e. The highest BCUT2D eigenvalue weighted by molar-refractivity contribution is 4.77. The Bertz CT molecular complexity index is 219. The summed E-state index contributed by atoms with van der Waals surface area (Å²) >= 11 is 0. The summed E-state index contributed by atoms with van der Waals surface area (Å²) in [5, 5.41) is 22.6. The van der Waals surface area contributed by atoms with Crippen molar-refractivity contribution in [2.24, 2.45) is 5.92 Å². The van der Waals surface area contributed by atoms with Crippen LogP contribution < -0.4 is 5.32 Å². The summed E-state index contributed by atoms with van der Waals surface area (Å²) in [6, 6.07) is 0. The molecule has 2 rings (SSSR count). The zero-order chi connectivity index (χ0) is 12.1. The molecule has 1 heterocycles. The molecule has 2 fully saturated rings. The number of likely N-dealkylation sites (tertiary alicyclic amines) is 1. The van der Waals surface area contributed by atoms with Gasteiger partial charge in [-0.2, -0.15) is 0 Å². The number of hydrogen-bond acceptors (Lipinski definition) is 4. The molecule has 0 aromatic carbocycles. The van der Waals surface area contributed by atoms with E-state index in [1.807, 2.05) is 0 Å². The third-order valence-electron chi connectivity index (χ3n) is 3.99. The molecule has 2 aliphatic rings. The summed E-state index contributed by atoms with van der Waals surface area (Å²) in [7, 11) is 0. The zero-order valence-corrected chi connectivity index (χ0v) is 10.6. The Hall–Kier alpha value is -0.160. The first-order valence-corrected chi connectivity index (χ1v) is 7.03. The second-order valence-corrected chi connectivity index (χ2v) is 5.65. The van der Waals surface area contributed by atoms with Crippen molar-refractivity contribution in [2.75, 3.05) is 32.7 Å². The maximum atomic E-state index is 9.88. The number of rotatable bonds is 6. The largest absolute Gasteiger partial charge is 0.393 e. The Kier molecular flexibility index (Phi) is 5.22. The fourth-order valence-corrected chi connectivity index (χ4v) is 3.02. The van der Waals surface area contributed by atoms with Crippen molar-refractivity contribution in [3.05, 3.63) is 0 Å². The molecule has 0 amide bonds. The summed E-state index contributed by atoms with van der Waals surface area (Å²) in [5.74, 6) is 0.601. The van der Waals surface area contributed by atoms with Gasteiger partial charge in [-0.3, -0.25) is 0 Å². The number of nitrogens with one attached hydrogen (secondary N) is 1. The minimum atomic E-state index is -0.251. The second kappa shape index (κ2) is 6.69. The van der Waals surface area contributed by atoms with E-state index in [2.05, 4.69) is 10.2 Å². The van der Waals surface area contributed by atoms with Crippen LogP contribution in [0.5, 0.6) is 0 Å². The molecule has 4 nitrogen and oxygen atoms in total. The Morgan fingerprint density at radius 1 is 1.24 bits per heavy atom. The summed E-state index contributed by atoms with van der Waals surface area (Å²) in [4.78, 5) is 2.34. The molecule has 0 radical (unpaired) electrons. The number of hydrogen-bond donors (Lipinski definition) is 3. The highest BCUT2D eigenvalue weighted by Crippen LogP contribution is 2.24. The fraction of sp³-hybridized carbons (Fsp3) is 1.00. The molecule has 0 aromatic heterocycles. The van der Waals surface area contributed by atoms with Gasteiger partial charge in [0.1, 0.15) is 0 Å². The van der Waals surface area contributed by atoms with E-state index < -0.39 is 0 Å².